The Bertz CT molecular complexity index is 1410. The second-order valence-electron chi connectivity index (χ2n) is 9.64. The van der Waals surface area contributed by atoms with Crippen LogP contribution in [0.5, 0.6) is 0 Å². The first kappa shape index (κ1) is 28.8. The number of carboxylic acids is 1. The lowest BCUT2D eigenvalue weighted by Crippen LogP contribution is -2.48. The largest absolute Gasteiger partial charge is 0.481 e. The summed E-state index contributed by atoms with van der Waals surface area (Å²) in [5, 5.41) is 23.8. The standard InChI is InChI=1S/C32H32NO6P/c34-30(35)29(20-24-16-18-28(19-17-24)27-14-8-3-9-15-27)23-40(38)32(37,21-25-10-4-1-5-11-25)33-31(36)39-22-26-12-6-2-7-13-26/h1-19,29,37,40H,20-23H2,(H,33,36)(H,34,35). The van der Waals surface area contributed by atoms with Gasteiger partial charge in [0.15, 0.2) is 5.47 Å². The maximum atomic E-state index is 13.6. The van der Waals surface area contributed by atoms with Gasteiger partial charge < -0.3 is 19.5 Å². The fourth-order valence-corrected chi connectivity index (χ4v) is 6.17. The van der Waals surface area contributed by atoms with Gasteiger partial charge in [0.2, 0.25) is 0 Å². The Balaban J connectivity index is 1.47. The van der Waals surface area contributed by atoms with E-state index in [4.69, 9.17) is 4.74 Å². The summed E-state index contributed by atoms with van der Waals surface area (Å²) in [6, 6.07) is 35.2. The second-order valence-corrected chi connectivity index (χ2v) is 11.7. The molecule has 3 unspecified atom stereocenters. The van der Waals surface area contributed by atoms with Crippen LogP contribution in [-0.4, -0.2) is 33.9 Å². The highest BCUT2D eigenvalue weighted by Gasteiger charge is 2.39. The van der Waals surface area contributed by atoms with E-state index in [1.807, 2.05) is 72.8 Å². The number of carbonyl (C=O) groups is 2. The summed E-state index contributed by atoms with van der Waals surface area (Å²) in [6.07, 6.45) is -1.28. The molecule has 4 aromatic rings. The van der Waals surface area contributed by atoms with Crippen LogP contribution in [0.4, 0.5) is 4.79 Å². The van der Waals surface area contributed by atoms with E-state index >= 15 is 0 Å². The van der Waals surface area contributed by atoms with Crippen molar-refractivity contribution < 1.29 is 29.1 Å². The molecule has 0 radical (unpaired) electrons. The highest BCUT2D eigenvalue weighted by Crippen LogP contribution is 2.40. The average molecular weight is 558 g/mol. The van der Waals surface area contributed by atoms with Crippen LogP contribution < -0.4 is 5.32 Å². The molecule has 0 fully saturated rings. The van der Waals surface area contributed by atoms with Crippen molar-refractivity contribution in [1.82, 2.24) is 5.32 Å². The number of carbonyl (C=O) groups excluding carboxylic acids is 1. The third-order valence-corrected chi connectivity index (χ3v) is 8.70. The number of benzene rings is 4. The molecule has 4 rings (SSSR count). The summed E-state index contributed by atoms with van der Waals surface area (Å²) in [5.41, 5.74) is 2.02. The van der Waals surface area contributed by atoms with Gasteiger partial charge in [-0.15, -0.1) is 0 Å². The number of alkyl carbamates (subject to hydrolysis) is 1. The summed E-state index contributed by atoms with van der Waals surface area (Å²) in [4.78, 5) is 24.8. The molecule has 0 aliphatic carbocycles. The zero-order chi connectivity index (χ0) is 28.4. The molecule has 8 heteroatoms. The molecule has 0 saturated carbocycles. The zero-order valence-corrected chi connectivity index (χ0v) is 22.9. The fraction of sp³-hybridized carbons (Fsp3) is 0.188. The van der Waals surface area contributed by atoms with Crippen molar-refractivity contribution in [3.63, 3.8) is 0 Å². The Morgan fingerprint density at radius 3 is 1.85 bits per heavy atom. The summed E-state index contributed by atoms with van der Waals surface area (Å²) >= 11 is 0. The number of amides is 1. The minimum atomic E-state index is -3.10. The molecule has 40 heavy (non-hydrogen) atoms. The van der Waals surface area contributed by atoms with E-state index in [1.54, 1.807) is 42.5 Å². The van der Waals surface area contributed by atoms with Crippen molar-refractivity contribution >= 4 is 19.9 Å². The smallest absolute Gasteiger partial charge is 0.410 e. The van der Waals surface area contributed by atoms with Gasteiger partial charge in [0.1, 0.15) is 14.4 Å². The molecule has 0 spiro atoms. The van der Waals surface area contributed by atoms with Crippen LogP contribution in [0.25, 0.3) is 11.1 Å². The van der Waals surface area contributed by atoms with Gasteiger partial charge in [-0.3, -0.25) is 10.1 Å². The highest BCUT2D eigenvalue weighted by atomic mass is 31.1. The first-order chi connectivity index (χ1) is 19.3. The quantitative estimate of drug-likeness (QED) is 0.146. The lowest BCUT2D eigenvalue weighted by atomic mass is 9.98. The van der Waals surface area contributed by atoms with Gasteiger partial charge in [-0.25, -0.2) is 4.79 Å². The minimum Gasteiger partial charge on any atom is -0.481 e. The molecular formula is C32H32NO6P. The molecule has 0 aliphatic rings. The number of hydrogen-bond donors (Lipinski definition) is 3. The Kier molecular flexibility index (Phi) is 9.90. The second kappa shape index (κ2) is 13.7. The van der Waals surface area contributed by atoms with Crippen molar-refractivity contribution in [2.75, 3.05) is 6.16 Å². The molecule has 206 valence electrons. The van der Waals surface area contributed by atoms with E-state index in [-0.39, 0.29) is 25.6 Å². The monoisotopic (exact) mass is 557 g/mol. The molecular weight excluding hydrogens is 525 g/mol. The average Bonchev–Trinajstić information content (AvgIpc) is 2.97. The highest BCUT2D eigenvalue weighted by molar-refractivity contribution is 7.46. The number of nitrogens with one attached hydrogen (secondary N) is 1. The van der Waals surface area contributed by atoms with Gasteiger partial charge in [0.25, 0.3) is 0 Å². The van der Waals surface area contributed by atoms with Crippen LogP contribution >= 0.6 is 7.80 Å². The molecule has 7 nitrogen and oxygen atoms in total. The number of hydrogen-bond acceptors (Lipinski definition) is 5. The molecule has 0 aromatic heterocycles. The van der Waals surface area contributed by atoms with E-state index in [0.717, 1.165) is 22.3 Å². The number of aliphatic hydroxyl groups is 1. The van der Waals surface area contributed by atoms with Crippen LogP contribution in [-0.2, 0) is 33.5 Å². The molecule has 3 atom stereocenters. The van der Waals surface area contributed by atoms with E-state index in [2.05, 4.69) is 5.32 Å². The maximum Gasteiger partial charge on any atom is 0.410 e. The lowest BCUT2D eigenvalue weighted by molar-refractivity contribution is -0.140. The summed E-state index contributed by atoms with van der Waals surface area (Å²) < 4.78 is 18.9. The summed E-state index contributed by atoms with van der Waals surface area (Å²) in [6.45, 7) is -0.0360. The first-order valence-electron chi connectivity index (χ1n) is 13.0. The van der Waals surface area contributed by atoms with E-state index in [1.165, 1.54) is 0 Å². The van der Waals surface area contributed by atoms with Gasteiger partial charge in [-0.05, 0) is 34.2 Å². The van der Waals surface area contributed by atoms with E-state index in [0.29, 0.717) is 5.56 Å². The van der Waals surface area contributed by atoms with Gasteiger partial charge >= 0.3 is 12.1 Å². The van der Waals surface area contributed by atoms with Crippen LogP contribution in [0.1, 0.15) is 16.7 Å². The SMILES string of the molecule is O=C(NC(O)(Cc1ccccc1)[PH](=O)CC(Cc1ccc(-c2ccccc2)cc1)C(=O)O)OCc1ccccc1. The Morgan fingerprint density at radius 1 is 0.750 bits per heavy atom. The molecule has 0 heterocycles. The van der Waals surface area contributed by atoms with Crippen LogP contribution in [0.3, 0.4) is 0 Å². The van der Waals surface area contributed by atoms with E-state index in [9.17, 15) is 24.4 Å². The Labute approximate surface area is 234 Å². The third kappa shape index (κ3) is 8.15. The van der Waals surface area contributed by atoms with Crippen molar-refractivity contribution in [3.8, 4) is 11.1 Å². The Hall–Kier alpha value is -4.19. The molecule has 0 saturated heterocycles. The topological polar surface area (TPSA) is 113 Å². The van der Waals surface area contributed by atoms with Crippen LogP contribution in [0, 0.1) is 5.92 Å². The predicted octanol–water partition coefficient (Wildman–Crippen LogP) is 5.97. The van der Waals surface area contributed by atoms with Crippen LogP contribution in [0.2, 0.25) is 0 Å². The van der Waals surface area contributed by atoms with Crippen molar-refractivity contribution in [1.29, 1.82) is 0 Å². The Morgan fingerprint density at radius 2 is 1.27 bits per heavy atom. The number of aliphatic carboxylic acids is 1. The molecule has 1 amide bonds. The molecule has 3 N–H and O–H groups in total. The molecule has 0 aliphatic heterocycles. The normalized spacial score (nSPS) is 13.9. The minimum absolute atomic E-state index is 0.0360. The fourth-order valence-electron chi connectivity index (χ4n) is 4.42. The summed E-state index contributed by atoms with van der Waals surface area (Å²) in [7, 11) is -3.10. The predicted molar refractivity (Wildman–Crippen MR) is 155 cm³/mol. The molecule has 4 aromatic carbocycles. The van der Waals surface area contributed by atoms with E-state index < -0.39 is 31.2 Å². The van der Waals surface area contributed by atoms with Crippen molar-refractivity contribution in [2.24, 2.45) is 5.92 Å². The third-order valence-electron chi connectivity index (χ3n) is 6.61. The van der Waals surface area contributed by atoms with Gasteiger partial charge in [0.05, 0.1) is 5.92 Å². The molecule has 0 bridgehead atoms. The number of rotatable bonds is 12. The van der Waals surface area contributed by atoms with Crippen molar-refractivity contribution in [3.05, 3.63) is 132 Å². The number of ether oxygens (including phenoxy) is 1. The van der Waals surface area contributed by atoms with Gasteiger partial charge in [-0.2, -0.15) is 0 Å². The van der Waals surface area contributed by atoms with Gasteiger partial charge in [0, 0.05) is 12.6 Å². The first-order valence-corrected chi connectivity index (χ1v) is 14.6. The lowest BCUT2D eigenvalue weighted by Gasteiger charge is -2.30. The number of carboxylic acid groups (broad SMARTS) is 1. The van der Waals surface area contributed by atoms with Gasteiger partial charge in [-0.1, -0.05) is 115 Å². The van der Waals surface area contributed by atoms with Crippen molar-refractivity contribution in [2.45, 2.75) is 24.9 Å². The zero-order valence-electron chi connectivity index (χ0n) is 21.9. The maximum absolute atomic E-state index is 13.6. The summed E-state index contributed by atoms with van der Waals surface area (Å²) in [5.74, 6) is -2.15. The van der Waals surface area contributed by atoms with Crippen LogP contribution in [0.15, 0.2) is 115 Å².